The van der Waals surface area contributed by atoms with Crippen molar-refractivity contribution in [3.05, 3.63) is 33.3 Å². The predicted octanol–water partition coefficient (Wildman–Crippen LogP) is 1.98. The molecule has 9 heteroatoms. The highest BCUT2D eigenvalue weighted by Gasteiger charge is 2.20. The zero-order valence-electron chi connectivity index (χ0n) is 12.1. The highest BCUT2D eigenvalue weighted by atomic mass is 35.5. The number of benzene rings is 1. The van der Waals surface area contributed by atoms with Gasteiger partial charge in [-0.2, -0.15) is 0 Å². The third kappa shape index (κ3) is 4.97. The highest BCUT2D eigenvalue weighted by molar-refractivity contribution is 6.33. The van der Waals surface area contributed by atoms with Crippen molar-refractivity contribution < 1.29 is 19.6 Å². The second-order valence-electron chi connectivity index (χ2n) is 4.71. The first-order valence-corrected chi connectivity index (χ1v) is 6.77. The molecule has 1 amide bonds. The molecule has 0 saturated carbocycles. The van der Waals surface area contributed by atoms with Gasteiger partial charge in [0, 0.05) is 18.7 Å². The van der Waals surface area contributed by atoms with Crippen LogP contribution in [0.25, 0.3) is 0 Å². The Morgan fingerprint density at radius 2 is 2.14 bits per heavy atom. The van der Waals surface area contributed by atoms with Crippen molar-refractivity contribution in [2.45, 2.75) is 19.4 Å². The summed E-state index contributed by atoms with van der Waals surface area (Å²) in [5.74, 6) is -1.39. The number of carboxylic acids is 1. The number of nitro groups is 1. The van der Waals surface area contributed by atoms with Gasteiger partial charge in [0.25, 0.3) is 5.69 Å². The van der Waals surface area contributed by atoms with Gasteiger partial charge in [0.2, 0.25) is 5.91 Å². The average molecular weight is 330 g/mol. The van der Waals surface area contributed by atoms with Crippen LogP contribution in [0.4, 0.5) is 11.4 Å². The first kappa shape index (κ1) is 17.9. The molecule has 0 fully saturated rings. The van der Waals surface area contributed by atoms with Crippen LogP contribution < -0.4 is 5.32 Å². The van der Waals surface area contributed by atoms with Crippen LogP contribution in [0.1, 0.15) is 13.3 Å². The van der Waals surface area contributed by atoms with Gasteiger partial charge in [0.15, 0.2) is 0 Å². The molecule has 0 bridgehead atoms. The molecular weight excluding hydrogens is 314 g/mol. The SMILES string of the molecule is CC(C(=O)Nc1cc([N+](=O)[O-])ccc1Cl)N(C)CCC(=O)O. The maximum absolute atomic E-state index is 12.1. The summed E-state index contributed by atoms with van der Waals surface area (Å²) in [6.45, 7) is 1.80. The molecule has 1 unspecified atom stereocenters. The minimum absolute atomic E-state index is 0.0916. The minimum Gasteiger partial charge on any atom is -0.481 e. The summed E-state index contributed by atoms with van der Waals surface area (Å²) in [6.07, 6.45) is -0.0916. The van der Waals surface area contributed by atoms with Crippen LogP contribution >= 0.6 is 11.6 Å². The Hall–Kier alpha value is -2.19. The number of anilines is 1. The number of nitro benzene ring substituents is 1. The number of nitrogens with zero attached hydrogens (tertiary/aromatic N) is 2. The van der Waals surface area contributed by atoms with Gasteiger partial charge in [0.05, 0.1) is 28.1 Å². The Balaban J connectivity index is 2.77. The molecule has 0 aliphatic heterocycles. The van der Waals surface area contributed by atoms with Gasteiger partial charge in [-0.1, -0.05) is 11.6 Å². The van der Waals surface area contributed by atoms with Crippen LogP contribution in [0.2, 0.25) is 5.02 Å². The lowest BCUT2D eigenvalue weighted by Crippen LogP contribution is -2.40. The first-order chi connectivity index (χ1) is 10.2. The molecule has 1 aromatic carbocycles. The number of carboxylic acid groups (broad SMARTS) is 1. The van der Waals surface area contributed by atoms with Crippen molar-refractivity contribution >= 4 is 34.9 Å². The van der Waals surface area contributed by atoms with Crippen molar-refractivity contribution in [3.8, 4) is 0 Å². The van der Waals surface area contributed by atoms with E-state index in [1.54, 1.807) is 18.9 Å². The number of halogens is 1. The van der Waals surface area contributed by atoms with Gasteiger partial charge in [0.1, 0.15) is 0 Å². The highest BCUT2D eigenvalue weighted by Crippen LogP contribution is 2.26. The Morgan fingerprint density at radius 3 is 2.68 bits per heavy atom. The number of aliphatic carboxylic acids is 1. The van der Waals surface area contributed by atoms with E-state index >= 15 is 0 Å². The minimum atomic E-state index is -0.957. The second-order valence-corrected chi connectivity index (χ2v) is 5.12. The third-order valence-corrected chi connectivity index (χ3v) is 3.47. The summed E-state index contributed by atoms with van der Waals surface area (Å²) in [5.41, 5.74) is -0.0501. The van der Waals surface area contributed by atoms with Gasteiger partial charge >= 0.3 is 5.97 Å². The Labute approximate surface area is 131 Å². The molecule has 0 aliphatic rings. The number of amides is 1. The number of hydrogen-bond acceptors (Lipinski definition) is 5. The van der Waals surface area contributed by atoms with Crippen LogP contribution in [0.5, 0.6) is 0 Å². The van der Waals surface area contributed by atoms with E-state index in [0.29, 0.717) is 0 Å². The standard InChI is InChI=1S/C13H16ClN3O5/c1-8(16(2)6-5-12(18)19)13(20)15-11-7-9(17(21)22)3-4-10(11)14/h3-4,7-8H,5-6H2,1-2H3,(H,15,20)(H,18,19). The topological polar surface area (TPSA) is 113 Å². The normalized spacial score (nSPS) is 12.0. The van der Waals surface area contributed by atoms with E-state index in [-0.39, 0.29) is 29.4 Å². The number of carbonyl (C=O) groups excluding carboxylic acids is 1. The zero-order valence-corrected chi connectivity index (χ0v) is 12.8. The van der Waals surface area contributed by atoms with E-state index in [1.807, 2.05) is 0 Å². The number of carbonyl (C=O) groups is 2. The van der Waals surface area contributed by atoms with Crippen LogP contribution in [0.3, 0.4) is 0 Å². The molecule has 1 atom stereocenters. The number of hydrogen-bond donors (Lipinski definition) is 2. The van der Waals surface area contributed by atoms with Crippen molar-refractivity contribution in [2.24, 2.45) is 0 Å². The van der Waals surface area contributed by atoms with Crippen molar-refractivity contribution in [2.75, 3.05) is 18.9 Å². The van der Waals surface area contributed by atoms with Gasteiger partial charge in [-0.15, -0.1) is 0 Å². The lowest BCUT2D eigenvalue weighted by Gasteiger charge is -2.23. The molecule has 1 aromatic rings. The largest absolute Gasteiger partial charge is 0.481 e. The summed E-state index contributed by atoms with van der Waals surface area (Å²) in [7, 11) is 1.61. The maximum Gasteiger partial charge on any atom is 0.304 e. The smallest absolute Gasteiger partial charge is 0.304 e. The Bertz CT molecular complexity index is 593. The number of nitrogens with one attached hydrogen (secondary N) is 1. The molecule has 0 aromatic heterocycles. The lowest BCUT2D eigenvalue weighted by molar-refractivity contribution is -0.384. The predicted molar refractivity (Wildman–Crippen MR) is 81.1 cm³/mol. The molecule has 1 rings (SSSR count). The Morgan fingerprint density at radius 1 is 1.50 bits per heavy atom. The van der Waals surface area contributed by atoms with Crippen LogP contribution in [-0.4, -0.2) is 46.4 Å². The van der Waals surface area contributed by atoms with Crippen molar-refractivity contribution in [1.82, 2.24) is 4.90 Å². The molecule has 0 saturated heterocycles. The number of non-ortho nitro benzene ring substituents is 1. The fraction of sp³-hybridized carbons (Fsp3) is 0.385. The molecule has 0 aliphatic carbocycles. The van der Waals surface area contributed by atoms with Gasteiger partial charge in [-0.25, -0.2) is 0 Å². The zero-order chi connectivity index (χ0) is 16.9. The van der Waals surface area contributed by atoms with E-state index in [9.17, 15) is 19.7 Å². The molecule has 0 heterocycles. The van der Waals surface area contributed by atoms with Crippen molar-refractivity contribution in [3.63, 3.8) is 0 Å². The average Bonchev–Trinajstić information content (AvgIpc) is 2.45. The quantitative estimate of drug-likeness (QED) is 0.584. The first-order valence-electron chi connectivity index (χ1n) is 6.39. The fourth-order valence-corrected chi connectivity index (χ4v) is 1.79. The van der Waals surface area contributed by atoms with Crippen LogP contribution in [-0.2, 0) is 9.59 Å². The molecule has 8 nitrogen and oxygen atoms in total. The summed E-state index contributed by atoms with van der Waals surface area (Å²) in [5, 5.41) is 22.0. The molecule has 2 N–H and O–H groups in total. The summed E-state index contributed by atoms with van der Waals surface area (Å²) >= 11 is 5.90. The van der Waals surface area contributed by atoms with Gasteiger partial charge in [-0.3, -0.25) is 24.6 Å². The fourth-order valence-electron chi connectivity index (χ4n) is 1.63. The molecule has 22 heavy (non-hydrogen) atoms. The lowest BCUT2D eigenvalue weighted by atomic mass is 10.2. The van der Waals surface area contributed by atoms with E-state index in [4.69, 9.17) is 16.7 Å². The second kappa shape index (κ2) is 7.71. The van der Waals surface area contributed by atoms with E-state index in [1.165, 1.54) is 18.2 Å². The number of likely N-dealkylation sites (N-methyl/N-ethyl adjacent to an activating group) is 1. The summed E-state index contributed by atoms with van der Waals surface area (Å²) in [6, 6.07) is 3.12. The molecular formula is C13H16ClN3O5. The van der Waals surface area contributed by atoms with E-state index < -0.39 is 22.8 Å². The van der Waals surface area contributed by atoms with Crippen molar-refractivity contribution in [1.29, 1.82) is 0 Å². The van der Waals surface area contributed by atoms with Crippen LogP contribution in [0, 0.1) is 10.1 Å². The molecule has 0 spiro atoms. The number of rotatable bonds is 7. The summed E-state index contributed by atoms with van der Waals surface area (Å²) in [4.78, 5) is 34.3. The van der Waals surface area contributed by atoms with E-state index in [0.717, 1.165) is 0 Å². The van der Waals surface area contributed by atoms with Crippen LogP contribution in [0.15, 0.2) is 18.2 Å². The Kier molecular flexibility index (Phi) is 6.26. The molecule has 0 radical (unpaired) electrons. The van der Waals surface area contributed by atoms with Gasteiger partial charge in [-0.05, 0) is 20.0 Å². The molecule has 120 valence electrons. The monoisotopic (exact) mass is 329 g/mol. The third-order valence-electron chi connectivity index (χ3n) is 3.14. The van der Waals surface area contributed by atoms with Gasteiger partial charge < -0.3 is 10.4 Å². The van der Waals surface area contributed by atoms with E-state index in [2.05, 4.69) is 5.32 Å². The summed E-state index contributed by atoms with van der Waals surface area (Å²) < 4.78 is 0. The maximum atomic E-state index is 12.1.